The van der Waals surface area contributed by atoms with E-state index in [1.807, 2.05) is 0 Å². The highest BCUT2D eigenvalue weighted by Gasteiger charge is 2.28. The molecule has 1 amide bonds. The second kappa shape index (κ2) is 3.32. The van der Waals surface area contributed by atoms with E-state index in [2.05, 4.69) is 5.32 Å². The Balaban J connectivity index is 2.74. The minimum atomic E-state index is -1.25. The Morgan fingerprint density at radius 1 is 1.69 bits per heavy atom. The highest BCUT2D eigenvalue weighted by molar-refractivity contribution is 5.75. The summed E-state index contributed by atoms with van der Waals surface area (Å²) in [6.07, 6.45) is 3.43. The summed E-state index contributed by atoms with van der Waals surface area (Å²) in [5, 5.41) is 21.4. The van der Waals surface area contributed by atoms with Crippen molar-refractivity contribution in [2.24, 2.45) is 0 Å². The largest absolute Gasteiger partial charge is 0.386 e. The molecule has 4 nitrogen and oxygen atoms in total. The molecule has 1 aliphatic rings. The molecular formula is C9H13NO3. The third kappa shape index (κ3) is 2.40. The van der Waals surface area contributed by atoms with Gasteiger partial charge in [0.1, 0.15) is 11.7 Å². The number of aliphatic hydroxyl groups excluding tert-OH is 1. The molecule has 13 heavy (non-hydrogen) atoms. The van der Waals surface area contributed by atoms with Crippen molar-refractivity contribution in [3.05, 3.63) is 23.9 Å². The number of hydrogen-bond acceptors (Lipinski definition) is 3. The number of nitrogens with one attached hydrogen (secondary N) is 1. The van der Waals surface area contributed by atoms with Crippen LogP contribution in [0.1, 0.15) is 13.8 Å². The smallest absolute Gasteiger partial charge is 0.221 e. The van der Waals surface area contributed by atoms with Crippen LogP contribution in [0.4, 0.5) is 0 Å². The molecule has 3 N–H and O–H groups in total. The highest BCUT2D eigenvalue weighted by atomic mass is 16.3. The SMILES string of the molecule is CC(=O)NC1=CC(O)C(C)(O)C=C1. The van der Waals surface area contributed by atoms with Gasteiger partial charge in [-0.3, -0.25) is 4.79 Å². The normalized spacial score (nSPS) is 32.6. The van der Waals surface area contributed by atoms with Gasteiger partial charge in [-0.25, -0.2) is 0 Å². The standard InChI is InChI=1S/C9H13NO3/c1-6(11)10-7-3-4-9(2,13)8(12)5-7/h3-5,8,12-13H,1-2H3,(H,10,11). The first-order valence-corrected chi connectivity index (χ1v) is 4.01. The van der Waals surface area contributed by atoms with Crippen LogP contribution in [0.5, 0.6) is 0 Å². The first-order valence-electron chi connectivity index (χ1n) is 4.01. The van der Waals surface area contributed by atoms with Crippen LogP contribution >= 0.6 is 0 Å². The average Bonchev–Trinajstić information content (AvgIpc) is 1.97. The van der Waals surface area contributed by atoms with Crippen molar-refractivity contribution in [2.75, 3.05) is 0 Å². The maximum atomic E-state index is 10.7. The van der Waals surface area contributed by atoms with Crippen LogP contribution in [-0.4, -0.2) is 27.8 Å². The topological polar surface area (TPSA) is 69.6 Å². The summed E-state index contributed by atoms with van der Waals surface area (Å²) in [5.74, 6) is -0.204. The Morgan fingerprint density at radius 2 is 2.31 bits per heavy atom. The van der Waals surface area contributed by atoms with Crippen molar-refractivity contribution in [3.63, 3.8) is 0 Å². The molecule has 0 radical (unpaired) electrons. The van der Waals surface area contributed by atoms with Crippen molar-refractivity contribution in [2.45, 2.75) is 25.6 Å². The molecule has 0 saturated carbocycles. The maximum Gasteiger partial charge on any atom is 0.221 e. The number of carbonyl (C=O) groups excluding carboxylic acids is 1. The van der Waals surface area contributed by atoms with Crippen molar-refractivity contribution in [3.8, 4) is 0 Å². The fraction of sp³-hybridized carbons (Fsp3) is 0.444. The van der Waals surface area contributed by atoms with Crippen LogP contribution in [0.25, 0.3) is 0 Å². The molecule has 0 aliphatic heterocycles. The van der Waals surface area contributed by atoms with Gasteiger partial charge in [0.2, 0.25) is 5.91 Å². The van der Waals surface area contributed by atoms with Gasteiger partial charge in [-0.05, 0) is 25.2 Å². The summed E-state index contributed by atoms with van der Waals surface area (Å²) in [7, 11) is 0. The Morgan fingerprint density at radius 3 is 2.77 bits per heavy atom. The van der Waals surface area contributed by atoms with E-state index >= 15 is 0 Å². The van der Waals surface area contributed by atoms with Gasteiger partial charge in [-0.1, -0.05) is 0 Å². The lowest BCUT2D eigenvalue weighted by atomic mass is 9.93. The predicted octanol–water partition coefficient (Wildman–Crippen LogP) is -0.312. The van der Waals surface area contributed by atoms with E-state index in [9.17, 15) is 15.0 Å². The zero-order valence-electron chi connectivity index (χ0n) is 7.61. The van der Waals surface area contributed by atoms with Crippen LogP contribution in [0.2, 0.25) is 0 Å². The van der Waals surface area contributed by atoms with Gasteiger partial charge in [-0.2, -0.15) is 0 Å². The summed E-state index contributed by atoms with van der Waals surface area (Å²) >= 11 is 0. The molecule has 4 heteroatoms. The van der Waals surface area contributed by atoms with E-state index in [1.165, 1.54) is 26.0 Å². The first-order chi connectivity index (χ1) is 5.92. The zero-order chi connectivity index (χ0) is 10.1. The maximum absolute atomic E-state index is 10.7. The van der Waals surface area contributed by atoms with E-state index in [4.69, 9.17) is 0 Å². The minimum Gasteiger partial charge on any atom is -0.386 e. The lowest BCUT2D eigenvalue weighted by molar-refractivity contribution is -0.118. The molecule has 72 valence electrons. The molecule has 0 fully saturated rings. The van der Waals surface area contributed by atoms with Crippen LogP contribution in [0, 0.1) is 0 Å². The number of aliphatic hydroxyl groups is 2. The van der Waals surface area contributed by atoms with E-state index in [0.29, 0.717) is 5.70 Å². The van der Waals surface area contributed by atoms with Gasteiger partial charge in [0.05, 0.1) is 0 Å². The number of amides is 1. The van der Waals surface area contributed by atoms with E-state index < -0.39 is 11.7 Å². The minimum absolute atomic E-state index is 0.204. The van der Waals surface area contributed by atoms with Crippen molar-refractivity contribution < 1.29 is 15.0 Å². The quantitative estimate of drug-likeness (QED) is 0.522. The third-order valence-electron chi connectivity index (χ3n) is 1.86. The molecule has 1 rings (SSSR count). The van der Waals surface area contributed by atoms with Crippen LogP contribution in [0.15, 0.2) is 23.9 Å². The molecule has 0 aromatic heterocycles. The third-order valence-corrected chi connectivity index (χ3v) is 1.86. The molecule has 1 aliphatic carbocycles. The summed E-state index contributed by atoms with van der Waals surface area (Å²) in [5.41, 5.74) is -0.742. The van der Waals surface area contributed by atoms with Gasteiger partial charge in [0, 0.05) is 12.6 Å². The van der Waals surface area contributed by atoms with E-state index in [-0.39, 0.29) is 5.91 Å². The molecular weight excluding hydrogens is 170 g/mol. The lowest BCUT2D eigenvalue weighted by Crippen LogP contribution is -2.39. The molecule has 0 spiro atoms. The van der Waals surface area contributed by atoms with E-state index in [0.717, 1.165) is 0 Å². The van der Waals surface area contributed by atoms with Crippen molar-refractivity contribution in [1.82, 2.24) is 5.32 Å². The van der Waals surface area contributed by atoms with Crippen LogP contribution < -0.4 is 5.32 Å². The monoisotopic (exact) mass is 183 g/mol. The predicted molar refractivity (Wildman–Crippen MR) is 47.7 cm³/mol. The van der Waals surface area contributed by atoms with Crippen molar-refractivity contribution in [1.29, 1.82) is 0 Å². The Labute approximate surface area is 76.6 Å². The fourth-order valence-electron chi connectivity index (χ4n) is 1.04. The average molecular weight is 183 g/mol. The molecule has 0 heterocycles. The first kappa shape index (κ1) is 9.95. The molecule has 0 saturated heterocycles. The Hall–Kier alpha value is -1.13. The number of allylic oxidation sites excluding steroid dienone is 1. The summed E-state index contributed by atoms with van der Waals surface area (Å²) < 4.78 is 0. The van der Waals surface area contributed by atoms with Gasteiger partial charge in [-0.15, -0.1) is 0 Å². The lowest BCUT2D eigenvalue weighted by Gasteiger charge is -2.27. The van der Waals surface area contributed by atoms with Crippen LogP contribution in [-0.2, 0) is 4.79 Å². The number of hydrogen-bond donors (Lipinski definition) is 3. The van der Waals surface area contributed by atoms with Gasteiger partial charge >= 0.3 is 0 Å². The highest BCUT2D eigenvalue weighted by Crippen LogP contribution is 2.19. The van der Waals surface area contributed by atoms with E-state index in [1.54, 1.807) is 6.08 Å². The number of carbonyl (C=O) groups is 1. The Bertz CT molecular complexity index is 279. The molecule has 0 bridgehead atoms. The number of rotatable bonds is 1. The summed E-state index contributed by atoms with van der Waals surface area (Å²) in [6, 6.07) is 0. The molecule has 0 aromatic carbocycles. The van der Waals surface area contributed by atoms with Gasteiger partial charge < -0.3 is 15.5 Å². The van der Waals surface area contributed by atoms with Crippen molar-refractivity contribution >= 4 is 5.91 Å². The second-order valence-corrected chi connectivity index (χ2v) is 3.31. The van der Waals surface area contributed by atoms with Gasteiger partial charge in [0.15, 0.2) is 0 Å². The summed E-state index contributed by atoms with van der Waals surface area (Å²) in [6.45, 7) is 2.88. The molecule has 2 atom stereocenters. The molecule has 0 aromatic rings. The second-order valence-electron chi connectivity index (χ2n) is 3.31. The zero-order valence-corrected chi connectivity index (χ0v) is 7.61. The van der Waals surface area contributed by atoms with Gasteiger partial charge in [0.25, 0.3) is 0 Å². The fourth-order valence-corrected chi connectivity index (χ4v) is 1.04. The Kier molecular flexibility index (Phi) is 2.54. The molecule has 2 unspecified atom stereocenters. The summed E-state index contributed by atoms with van der Waals surface area (Å²) in [4.78, 5) is 10.7. The van der Waals surface area contributed by atoms with Crippen LogP contribution in [0.3, 0.4) is 0 Å².